The fourth-order valence-electron chi connectivity index (χ4n) is 1.39. The number of rotatable bonds is 4. The fourth-order valence-corrected chi connectivity index (χ4v) is 2.14. The molecule has 0 aliphatic heterocycles. The average Bonchev–Trinajstić information content (AvgIpc) is 2.85. The Hall–Kier alpha value is -1.95. The van der Waals surface area contributed by atoms with Gasteiger partial charge in [0.1, 0.15) is 5.69 Å². The Morgan fingerprint density at radius 1 is 1.50 bits per heavy atom. The van der Waals surface area contributed by atoms with Gasteiger partial charge >= 0.3 is 0 Å². The number of nitrogen functional groups attached to an aromatic ring is 1. The third-order valence-corrected chi connectivity index (χ3v) is 3.39. The maximum absolute atomic E-state index is 11.8. The minimum Gasteiger partial charge on any atom is -0.397 e. The van der Waals surface area contributed by atoms with Crippen molar-refractivity contribution >= 4 is 22.9 Å². The lowest BCUT2D eigenvalue weighted by molar-refractivity contribution is 0.0945. The van der Waals surface area contributed by atoms with Gasteiger partial charge in [-0.05, 0) is 18.6 Å². The van der Waals surface area contributed by atoms with Gasteiger partial charge in [0, 0.05) is 5.38 Å². The van der Waals surface area contributed by atoms with Crippen LogP contribution in [0.2, 0.25) is 0 Å². The van der Waals surface area contributed by atoms with Crippen molar-refractivity contribution in [3.63, 3.8) is 0 Å². The smallest absolute Gasteiger partial charge is 0.270 e. The van der Waals surface area contributed by atoms with Gasteiger partial charge in [-0.25, -0.2) is 9.97 Å². The number of amides is 1. The molecule has 0 aromatic carbocycles. The summed E-state index contributed by atoms with van der Waals surface area (Å²) in [5, 5.41) is 5.80. The van der Waals surface area contributed by atoms with Gasteiger partial charge < -0.3 is 11.1 Å². The number of thiazole rings is 1. The van der Waals surface area contributed by atoms with Crippen LogP contribution in [0.25, 0.3) is 0 Å². The number of aromatic nitrogens is 2. The zero-order valence-electron chi connectivity index (χ0n) is 10.0. The number of aryl methyl sites for hydroxylation is 1. The van der Waals surface area contributed by atoms with E-state index in [2.05, 4.69) is 22.2 Å². The second kappa shape index (κ2) is 5.59. The summed E-state index contributed by atoms with van der Waals surface area (Å²) >= 11 is 1.60. The lowest BCUT2D eigenvalue weighted by Crippen LogP contribution is -2.23. The molecule has 2 aromatic rings. The van der Waals surface area contributed by atoms with Gasteiger partial charge in [-0.2, -0.15) is 0 Å². The molecule has 0 radical (unpaired) electrons. The molecule has 1 amide bonds. The number of nitrogens with zero attached hydrogens (tertiary/aromatic N) is 2. The highest BCUT2D eigenvalue weighted by Crippen LogP contribution is 2.10. The van der Waals surface area contributed by atoms with Crippen LogP contribution >= 0.6 is 11.3 Å². The summed E-state index contributed by atoms with van der Waals surface area (Å²) in [4.78, 5) is 20.1. The number of anilines is 1. The van der Waals surface area contributed by atoms with Crippen LogP contribution in [0.1, 0.15) is 28.1 Å². The maximum atomic E-state index is 11.8. The largest absolute Gasteiger partial charge is 0.397 e. The standard InChI is InChI=1S/C12H14N4OS/c1-2-11-16-9(7-18-11)6-15-12(17)10-4-3-8(13)5-14-10/h3-5,7H,2,6,13H2,1H3,(H,15,17). The predicted molar refractivity (Wildman–Crippen MR) is 71.3 cm³/mol. The molecule has 18 heavy (non-hydrogen) atoms. The number of hydrogen-bond donors (Lipinski definition) is 2. The Morgan fingerprint density at radius 2 is 2.33 bits per heavy atom. The lowest BCUT2D eigenvalue weighted by Gasteiger charge is -2.02. The van der Waals surface area contributed by atoms with Crippen LogP contribution in [-0.2, 0) is 13.0 Å². The van der Waals surface area contributed by atoms with Crippen LogP contribution < -0.4 is 11.1 Å². The molecule has 2 rings (SSSR count). The highest BCUT2D eigenvalue weighted by atomic mass is 32.1. The topological polar surface area (TPSA) is 80.9 Å². The van der Waals surface area contributed by atoms with E-state index in [4.69, 9.17) is 5.73 Å². The molecule has 0 saturated heterocycles. The minimum atomic E-state index is -0.221. The number of carbonyl (C=O) groups excluding carboxylic acids is 1. The molecule has 94 valence electrons. The van der Waals surface area contributed by atoms with Gasteiger partial charge in [0.25, 0.3) is 5.91 Å². The van der Waals surface area contributed by atoms with E-state index in [1.807, 2.05) is 5.38 Å². The molecule has 2 heterocycles. The van der Waals surface area contributed by atoms with Crippen molar-refractivity contribution in [2.45, 2.75) is 19.9 Å². The van der Waals surface area contributed by atoms with Gasteiger partial charge in [-0.3, -0.25) is 4.79 Å². The first-order valence-electron chi connectivity index (χ1n) is 5.62. The molecule has 0 spiro atoms. The molecule has 3 N–H and O–H groups in total. The van der Waals surface area contributed by atoms with E-state index in [0.29, 0.717) is 17.9 Å². The number of nitrogens with two attached hydrogens (primary N) is 1. The number of nitrogens with one attached hydrogen (secondary N) is 1. The fraction of sp³-hybridized carbons (Fsp3) is 0.250. The molecule has 5 nitrogen and oxygen atoms in total. The Morgan fingerprint density at radius 3 is 2.94 bits per heavy atom. The quantitative estimate of drug-likeness (QED) is 0.877. The first-order chi connectivity index (χ1) is 8.69. The predicted octanol–water partition coefficient (Wildman–Crippen LogP) is 1.61. The Bertz CT molecular complexity index is 535. The summed E-state index contributed by atoms with van der Waals surface area (Å²) in [5.41, 5.74) is 7.28. The monoisotopic (exact) mass is 262 g/mol. The molecule has 0 aliphatic rings. The third kappa shape index (κ3) is 3.04. The normalized spacial score (nSPS) is 10.3. The van der Waals surface area contributed by atoms with E-state index >= 15 is 0 Å². The van der Waals surface area contributed by atoms with Crippen LogP contribution in [0.15, 0.2) is 23.7 Å². The summed E-state index contributed by atoms with van der Waals surface area (Å²) in [6, 6.07) is 3.25. The third-order valence-electron chi connectivity index (χ3n) is 2.35. The summed E-state index contributed by atoms with van der Waals surface area (Å²) in [6.07, 6.45) is 2.38. The average molecular weight is 262 g/mol. The van der Waals surface area contributed by atoms with Gasteiger partial charge in [0.05, 0.1) is 29.1 Å². The Kier molecular flexibility index (Phi) is 3.88. The van der Waals surface area contributed by atoms with Crippen molar-refractivity contribution in [1.82, 2.24) is 15.3 Å². The summed E-state index contributed by atoms with van der Waals surface area (Å²) in [6.45, 7) is 2.47. The van der Waals surface area contributed by atoms with Crippen LogP contribution in [0.5, 0.6) is 0 Å². The Balaban J connectivity index is 1.93. The molecule has 0 fully saturated rings. The summed E-state index contributed by atoms with van der Waals surface area (Å²) in [5.74, 6) is -0.221. The minimum absolute atomic E-state index is 0.221. The molecule has 0 atom stereocenters. The van der Waals surface area contributed by atoms with E-state index in [-0.39, 0.29) is 5.91 Å². The highest BCUT2D eigenvalue weighted by molar-refractivity contribution is 7.09. The molecular formula is C12H14N4OS. The van der Waals surface area contributed by atoms with Crippen LogP contribution in [-0.4, -0.2) is 15.9 Å². The first kappa shape index (κ1) is 12.5. The molecular weight excluding hydrogens is 248 g/mol. The van der Waals surface area contributed by atoms with E-state index in [1.165, 1.54) is 6.20 Å². The Labute approximate surface area is 109 Å². The summed E-state index contributed by atoms with van der Waals surface area (Å²) in [7, 11) is 0. The van der Waals surface area contributed by atoms with Crippen LogP contribution in [0, 0.1) is 0 Å². The SMILES string of the molecule is CCc1nc(CNC(=O)c2ccc(N)cn2)cs1. The summed E-state index contributed by atoms with van der Waals surface area (Å²) < 4.78 is 0. The van der Waals surface area contributed by atoms with Crippen molar-refractivity contribution in [2.75, 3.05) is 5.73 Å². The first-order valence-corrected chi connectivity index (χ1v) is 6.50. The molecule has 0 aliphatic carbocycles. The van der Waals surface area contributed by atoms with E-state index < -0.39 is 0 Å². The number of carbonyl (C=O) groups is 1. The van der Waals surface area contributed by atoms with Gasteiger partial charge in [-0.1, -0.05) is 6.92 Å². The molecule has 2 aromatic heterocycles. The molecule has 0 bridgehead atoms. The van der Waals surface area contributed by atoms with Crippen LogP contribution in [0.3, 0.4) is 0 Å². The van der Waals surface area contributed by atoms with Gasteiger partial charge in [-0.15, -0.1) is 11.3 Å². The van der Waals surface area contributed by atoms with Crippen molar-refractivity contribution in [3.8, 4) is 0 Å². The second-order valence-electron chi connectivity index (χ2n) is 3.75. The molecule has 0 saturated carbocycles. The van der Waals surface area contributed by atoms with Crippen molar-refractivity contribution in [3.05, 3.63) is 40.1 Å². The molecule has 6 heteroatoms. The zero-order valence-corrected chi connectivity index (χ0v) is 10.8. The van der Waals surface area contributed by atoms with Gasteiger partial charge in [0.2, 0.25) is 0 Å². The number of hydrogen-bond acceptors (Lipinski definition) is 5. The molecule has 0 unspecified atom stereocenters. The highest BCUT2D eigenvalue weighted by Gasteiger charge is 2.07. The zero-order chi connectivity index (χ0) is 13.0. The van der Waals surface area contributed by atoms with Crippen LogP contribution in [0.4, 0.5) is 5.69 Å². The maximum Gasteiger partial charge on any atom is 0.270 e. The van der Waals surface area contributed by atoms with Gasteiger partial charge in [0.15, 0.2) is 0 Å². The van der Waals surface area contributed by atoms with Crippen molar-refractivity contribution in [2.24, 2.45) is 0 Å². The van der Waals surface area contributed by atoms with E-state index in [0.717, 1.165) is 17.1 Å². The van der Waals surface area contributed by atoms with Crippen molar-refractivity contribution in [1.29, 1.82) is 0 Å². The number of pyridine rings is 1. The van der Waals surface area contributed by atoms with E-state index in [1.54, 1.807) is 23.5 Å². The lowest BCUT2D eigenvalue weighted by atomic mass is 10.3. The second-order valence-corrected chi connectivity index (χ2v) is 4.69. The van der Waals surface area contributed by atoms with Crippen molar-refractivity contribution < 1.29 is 4.79 Å². The van der Waals surface area contributed by atoms with E-state index in [9.17, 15) is 4.79 Å².